The first-order valence-electron chi connectivity index (χ1n) is 6.97. The monoisotopic (exact) mass is 358 g/mol. The Morgan fingerprint density at radius 2 is 1.71 bits per heavy atom. The highest BCUT2D eigenvalue weighted by Gasteiger charge is 2.49. The highest BCUT2D eigenvalue weighted by Crippen LogP contribution is 2.45. The first kappa shape index (κ1) is 16.9. The van der Waals surface area contributed by atoms with Crippen molar-refractivity contribution in [1.29, 1.82) is 0 Å². The van der Waals surface area contributed by atoms with Crippen LogP contribution in [0.2, 0.25) is 0 Å². The van der Waals surface area contributed by atoms with Crippen molar-refractivity contribution in [2.24, 2.45) is 0 Å². The fraction of sp³-hybridized carbons (Fsp3) is 0.250. The molecular weight excluding hydrogens is 345 g/mol. The van der Waals surface area contributed by atoms with Crippen molar-refractivity contribution >= 4 is 9.84 Å². The summed E-state index contributed by atoms with van der Waals surface area (Å²) in [5.41, 5.74) is -0.0260. The normalized spacial score (nSPS) is 23.0. The van der Waals surface area contributed by atoms with Crippen LogP contribution in [-0.2, 0) is 14.6 Å². The number of rotatable bonds is 3. The number of hydrogen-bond acceptors (Lipinski definition) is 4. The van der Waals surface area contributed by atoms with Crippen molar-refractivity contribution in [3.8, 4) is 0 Å². The molecular formula is C16H13F3O4S. The molecule has 2 aromatic carbocycles. The van der Waals surface area contributed by atoms with Crippen LogP contribution in [0.15, 0.2) is 41.3 Å². The molecule has 0 saturated heterocycles. The fourth-order valence-electron chi connectivity index (χ4n) is 3.00. The van der Waals surface area contributed by atoms with Crippen LogP contribution in [0.5, 0.6) is 0 Å². The average Bonchev–Trinajstić information content (AvgIpc) is 2.75. The molecule has 1 aliphatic heterocycles. The maximum absolute atomic E-state index is 13.5. The summed E-state index contributed by atoms with van der Waals surface area (Å²) in [4.78, 5) is -0.0624. The van der Waals surface area contributed by atoms with Crippen molar-refractivity contribution in [2.45, 2.75) is 22.4 Å². The number of fused-ring (bicyclic) bond motifs is 1. The largest absolute Gasteiger partial charge is 0.387 e. The summed E-state index contributed by atoms with van der Waals surface area (Å²) in [6, 6.07) is 7.20. The lowest BCUT2D eigenvalue weighted by atomic mass is 9.98. The number of aliphatic hydroxyl groups is 1. The van der Waals surface area contributed by atoms with Gasteiger partial charge in [-0.15, -0.1) is 0 Å². The molecule has 3 unspecified atom stereocenters. The fourth-order valence-corrected chi connectivity index (χ4v) is 5.16. The van der Waals surface area contributed by atoms with E-state index in [0.29, 0.717) is 12.1 Å². The predicted octanol–water partition coefficient (Wildman–Crippen LogP) is 2.68. The van der Waals surface area contributed by atoms with Crippen LogP contribution in [0.1, 0.15) is 23.3 Å². The van der Waals surface area contributed by atoms with Crippen molar-refractivity contribution in [3.05, 3.63) is 65.0 Å². The molecule has 2 aromatic rings. The maximum atomic E-state index is 13.5. The van der Waals surface area contributed by atoms with Gasteiger partial charge in [-0.1, -0.05) is 18.2 Å². The van der Waals surface area contributed by atoms with Gasteiger partial charge in [-0.25, -0.2) is 21.6 Å². The van der Waals surface area contributed by atoms with Gasteiger partial charge in [-0.3, -0.25) is 0 Å². The van der Waals surface area contributed by atoms with Crippen molar-refractivity contribution < 1.29 is 31.4 Å². The number of hydrogen-bond donors (Lipinski definition) is 1. The topological polar surface area (TPSA) is 63.6 Å². The lowest BCUT2D eigenvalue weighted by Crippen LogP contribution is -2.30. The Morgan fingerprint density at radius 1 is 1.12 bits per heavy atom. The standard InChI is InChI=1S/C16H13F3O4S/c1-23-15(8-6-10(17)13(19)11(18)7-8)16-14(20)9-4-2-3-5-12(9)24(16,21)22/h2-7,14-16,20H,1H3. The zero-order valence-electron chi connectivity index (χ0n) is 12.4. The Balaban J connectivity index is 2.13. The smallest absolute Gasteiger partial charge is 0.194 e. The Morgan fingerprint density at radius 3 is 2.25 bits per heavy atom. The molecule has 0 bridgehead atoms. The third-order valence-electron chi connectivity index (χ3n) is 4.10. The molecule has 0 aromatic heterocycles. The van der Waals surface area contributed by atoms with Crippen LogP contribution in [-0.4, -0.2) is 25.9 Å². The van der Waals surface area contributed by atoms with Crippen LogP contribution in [0, 0.1) is 17.5 Å². The summed E-state index contributed by atoms with van der Waals surface area (Å²) in [5, 5.41) is 8.92. The van der Waals surface area contributed by atoms with Gasteiger partial charge in [-0.2, -0.15) is 0 Å². The van der Waals surface area contributed by atoms with E-state index in [0.717, 1.165) is 7.11 Å². The van der Waals surface area contributed by atoms with Crippen molar-refractivity contribution in [3.63, 3.8) is 0 Å². The maximum Gasteiger partial charge on any atom is 0.194 e. The second kappa shape index (κ2) is 5.87. The molecule has 3 atom stereocenters. The SMILES string of the molecule is COC(c1cc(F)c(F)c(F)c1)C1C(O)c2ccccc2S1(=O)=O. The number of methoxy groups -OCH3 is 1. The predicted molar refractivity (Wildman–Crippen MR) is 78.4 cm³/mol. The molecule has 4 nitrogen and oxygen atoms in total. The van der Waals surface area contributed by atoms with Crippen LogP contribution in [0.4, 0.5) is 13.2 Å². The van der Waals surface area contributed by atoms with Crippen LogP contribution in [0.25, 0.3) is 0 Å². The van der Waals surface area contributed by atoms with E-state index >= 15 is 0 Å². The first-order valence-corrected chi connectivity index (χ1v) is 8.51. The lowest BCUT2D eigenvalue weighted by Gasteiger charge is -2.24. The molecule has 0 fully saturated rings. The minimum atomic E-state index is -4.00. The molecule has 1 aliphatic rings. The molecule has 0 spiro atoms. The molecule has 3 rings (SSSR count). The Labute approximate surface area is 136 Å². The number of benzene rings is 2. The van der Waals surface area contributed by atoms with E-state index < -0.39 is 44.7 Å². The van der Waals surface area contributed by atoms with Crippen LogP contribution < -0.4 is 0 Å². The molecule has 1 heterocycles. The third kappa shape index (κ3) is 2.42. The zero-order valence-corrected chi connectivity index (χ0v) is 13.2. The van der Waals surface area contributed by atoms with Gasteiger partial charge >= 0.3 is 0 Å². The lowest BCUT2D eigenvalue weighted by molar-refractivity contribution is 0.0505. The van der Waals surface area contributed by atoms with E-state index in [-0.39, 0.29) is 16.0 Å². The first-order chi connectivity index (χ1) is 11.3. The highest BCUT2D eigenvalue weighted by molar-refractivity contribution is 7.92. The van der Waals surface area contributed by atoms with E-state index in [4.69, 9.17) is 4.74 Å². The molecule has 24 heavy (non-hydrogen) atoms. The Kier molecular flexibility index (Phi) is 4.15. The zero-order chi connectivity index (χ0) is 17.6. The molecule has 0 saturated carbocycles. The van der Waals surface area contributed by atoms with Crippen molar-refractivity contribution in [1.82, 2.24) is 0 Å². The Hall–Kier alpha value is -1.90. The van der Waals surface area contributed by atoms with Crippen LogP contribution >= 0.6 is 0 Å². The molecule has 128 valence electrons. The van der Waals surface area contributed by atoms with E-state index in [1.165, 1.54) is 18.2 Å². The van der Waals surface area contributed by atoms with Gasteiger partial charge in [0, 0.05) is 12.7 Å². The molecule has 8 heteroatoms. The minimum absolute atomic E-state index is 0.0624. The highest BCUT2D eigenvalue weighted by atomic mass is 32.2. The summed E-state index contributed by atoms with van der Waals surface area (Å²) < 4.78 is 70.6. The summed E-state index contributed by atoms with van der Waals surface area (Å²) in [7, 11) is -2.86. The second-order valence-electron chi connectivity index (χ2n) is 5.45. The van der Waals surface area contributed by atoms with E-state index in [1.54, 1.807) is 6.07 Å². The van der Waals surface area contributed by atoms with E-state index in [2.05, 4.69) is 0 Å². The second-order valence-corrected chi connectivity index (χ2v) is 7.52. The minimum Gasteiger partial charge on any atom is -0.387 e. The van der Waals surface area contributed by atoms with Gasteiger partial charge in [0.25, 0.3) is 0 Å². The van der Waals surface area contributed by atoms with Crippen molar-refractivity contribution in [2.75, 3.05) is 7.11 Å². The van der Waals surface area contributed by atoms with Gasteiger partial charge in [0.05, 0.1) is 4.90 Å². The number of ether oxygens (including phenoxy) is 1. The average molecular weight is 358 g/mol. The Bertz CT molecular complexity index is 875. The number of aliphatic hydroxyl groups excluding tert-OH is 1. The number of sulfone groups is 1. The van der Waals surface area contributed by atoms with Gasteiger partial charge in [0.15, 0.2) is 27.3 Å². The summed E-state index contributed by atoms with van der Waals surface area (Å²) in [6.45, 7) is 0. The van der Waals surface area contributed by atoms with E-state index in [9.17, 15) is 26.7 Å². The summed E-state index contributed by atoms with van der Waals surface area (Å²) >= 11 is 0. The number of halogens is 3. The molecule has 0 amide bonds. The summed E-state index contributed by atoms with van der Waals surface area (Å²) in [6.07, 6.45) is -2.81. The van der Waals surface area contributed by atoms with E-state index in [1.807, 2.05) is 0 Å². The molecule has 0 aliphatic carbocycles. The van der Waals surface area contributed by atoms with Gasteiger partial charge in [0.1, 0.15) is 17.5 Å². The van der Waals surface area contributed by atoms with Gasteiger partial charge < -0.3 is 9.84 Å². The quantitative estimate of drug-likeness (QED) is 0.857. The third-order valence-corrected chi connectivity index (χ3v) is 6.31. The van der Waals surface area contributed by atoms with Gasteiger partial charge in [0.2, 0.25) is 0 Å². The van der Waals surface area contributed by atoms with Crippen LogP contribution in [0.3, 0.4) is 0 Å². The summed E-state index contributed by atoms with van der Waals surface area (Å²) in [5.74, 6) is -4.59. The van der Waals surface area contributed by atoms with Gasteiger partial charge in [-0.05, 0) is 23.8 Å². The molecule has 1 N–H and O–H groups in total. The molecule has 0 radical (unpaired) electrons.